The van der Waals surface area contributed by atoms with Crippen LogP contribution in [0.2, 0.25) is 0 Å². The van der Waals surface area contributed by atoms with Crippen molar-refractivity contribution in [2.24, 2.45) is 23.2 Å². The molecule has 23 heavy (non-hydrogen) atoms. The first-order valence-electron chi connectivity index (χ1n) is 9.67. The van der Waals surface area contributed by atoms with Gasteiger partial charge in [-0.05, 0) is 62.7 Å². The van der Waals surface area contributed by atoms with Crippen LogP contribution in [0.4, 0.5) is 0 Å². The third-order valence-electron chi connectivity index (χ3n) is 8.21. The molecule has 0 saturated heterocycles. The summed E-state index contributed by atoms with van der Waals surface area (Å²) in [5, 5.41) is 0. The van der Waals surface area contributed by atoms with Crippen LogP contribution in [0.1, 0.15) is 64.7 Å². The number of rotatable bonds is 0. The topological polar surface area (TPSA) is 26.3 Å². The maximum Gasteiger partial charge on any atom is 0.137 e. The lowest BCUT2D eigenvalue weighted by Crippen LogP contribution is -2.51. The van der Waals surface area contributed by atoms with Gasteiger partial charge in [0.1, 0.15) is 5.78 Å². The first kappa shape index (κ1) is 14.5. The van der Waals surface area contributed by atoms with Crippen molar-refractivity contribution in [3.8, 4) is 0 Å². The van der Waals surface area contributed by atoms with Crippen molar-refractivity contribution in [1.82, 2.24) is 0 Å². The lowest BCUT2D eigenvalue weighted by molar-refractivity contribution is -0.119. The van der Waals surface area contributed by atoms with Gasteiger partial charge in [0.05, 0.1) is 12.2 Å². The summed E-state index contributed by atoms with van der Waals surface area (Å²) in [6.45, 7) is 3.33. The first-order chi connectivity index (χ1) is 11.1. The van der Waals surface area contributed by atoms with Gasteiger partial charge >= 0.3 is 0 Å². The summed E-state index contributed by atoms with van der Waals surface area (Å²) in [6.07, 6.45) is 15.0. The molecule has 0 radical (unpaired) electrons. The standard InChI is InChI=1S/C21H28O2/c1-20-10-7-17-16-6-4-15(22)13-14(16)3-5-18(17)19(20)8-11-21(20)9-2-12-23-21/h2,9,17-19H,3-8,10-13H2,1H3/t17-,18-,19+,20+,21+/m1/s1. The van der Waals surface area contributed by atoms with E-state index in [2.05, 4.69) is 19.1 Å². The van der Waals surface area contributed by atoms with E-state index in [9.17, 15) is 4.79 Å². The van der Waals surface area contributed by atoms with Crippen molar-refractivity contribution in [3.05, 3.63) is 23.3 Å². The van der Waals surface area contributed by atoms with Crippen LogP contribution in [-0.2, 0) is 9.53 Å². The molecular weight excluding hydrogens is 284 g/mol. The summed E-state index contributed by atoms with van der Waals surface area (Å²) < 4.78 is 6.31. The Morgan fingerprint density at radius 1 is 1.13 bits per heavy atom. The van der Waals surface area contributed by atoms with E-state index in [1.807, 2.05) is 0 Å². The monoisotopic (exact) mass is 312 g/mol. The fraction of sp³-hybridized carbons (Fsp3) is 0.762. The summed E-state index contributed by atoms with van der Waals surface area (Å²) >= 11 is 0. The van der Waals surface area contributed by atoms with Gasteiger partial charge in [0.15, 0.2) is 0 Å². The molecule has 0 bridgehead atoms. The van der Waals surface area contributed by atoms with Gasteiger partial charge in [0, 0.05) is 18.3 Å². The highest BCUT2D eigenvalue weighted by atomic mass is 16.5. The largest absolute Gasteiger partial charge is 0.366 e. The number of ketones is 1. The molecule has 0 aromatic rings. The molecule has 5 aliphatic rings. The predicted molar refractivity (Wildman–Crippen MR) is 90.0 cm³/mol. The number of hydrogen-bond acceptors (Lipinski definition) is 2. The average molecular weight is 312 g/mol. The molecule has 5 atom stereocenters. The summed E-state index contributed by atoms with van der Waals surface area (Å²) in [4.78, 5) is 11.8. The molecule has 124 valence electrons. The minimum Gasteiger partial charge on any atom is -0.366 e. The Labute approximate surface area is 139 Å². The van der Waals surface area contributed by atoms with Gasteiger partial charge in [-0.2, -0.15) is 0 Å². The van der Waals surface area contributed by atoms with Crippen LogP contribution in [0.25, 0.3) is 0 Å². The number of ether oxygens (including phenoxy) is 1. The fourth-order valence-electron chi connectivity index (χ4n) is 7.08. The van der Waals surface area contributed by atoms with Crippen LogP contribution < -0.4 is 0 Å². The van der Waals surface area contributed by atoms with Crippen LogP contribution in [0.5, 0.6) is 0 Å². The zero-order chi connectivity index (χ0) is 15.7. The Morgan fingerprint density at radius 3 is 2.87 bits per heavy atom. The van der Waals surface area contributed by atoms with E-state index in [1.54, 1.807) is 5.57 Å². The second kappa shape index (κ2) is 4.81. The van der Waals surface area contributed by atoms with Crippen molar-refractivity contribution in [2.75, 3.05) is 6.61 Å². The van der Waals surface area contributed by atoms with Gasteiger partial charge in [-0.25, -0.2) is 0 Å². The minimum atomic E-state index is 0.0415. The first-order valence-corrected chi connectivity index (χ1v) is 9.67. The van der Waals surface area contributed by atoms with Gasteiger partial charge in [-0.3, -0.25) is 4.79 Å². The van der Waals surface area contributed by atoms with E-state index >= 15 is 0 Å². The normalized spacial score (nSPS) is 48.6. The molecule has 2 saturated carbocycles. The molecule has 0 aromatic carbocycles. The van der Waals surface area contributed by atoms with Crippen molar-refractivity contribution in [2.45, 2.75) is 70.3 Å². The predicted octanol–water partition coefficient (Wildman–Crippen LogP) is 4.60. The maximum atomic E-state index is 11.8. The van der Waals surface area contributed by atoms with Gasteiger partial charge in [0.25, 0.3) is 0 Å². The Balaban J connectivity index is 1.48. The molecule has 2 heteroatoms. The Kier molecular flexibility index (Phi) is 3.03. The SMILES string of the molecule is C[C@]12CC[C@@H]3C4=C(CC[C@H]3[C@@H]1CC[C@@]21C=CCO1)CC(=O)CC4. The van der Waals surface area contributed by atoms with Crippen LogP contribution >= 0.6 is 0 Å². The van der Waals surface area contributed by atoms with E-state index in [-0.39, 0.29) is 5.60 Å². The van der Waals surface area contributed by atoms with Crippen molar-refractivity contribution < 1.29 is 9.53 Å². The summed E-state index contributed by atoms with van der Waals surface area (Å²) in [7, 11) is 0. The van der Waals surface area contributed by atoms with Gasteiger partial charge in [0.2, 0.25) is 0 Å². The molecule has 1 heterocycles. The second-order valence-corrected chi connectivity index (χ2v) is 8.86. The Hall–Kier alpha value is -0.890. The molecule has 4 aliphatic carbocycles. The zero-order valence-corrected chi connectivity index (χ0v) is 14.3. The zero-order valence-electron chi connectivity index (χ0n) is 14.3. The van der Waals surface area contributed by atoms with Gasteiger partial charge in [-0.1, -0.05) is 30.2 Å². The van der Waals surface area contributed by atoms with Gasteiger partial charge in [-0.15, -0.1) is 0 Å². The summed E-state index contributed by atoms with van der Waals surface area (Å²) in [5.74, 6) is 2.92. The third-order valence-corrected chi connectivity index (χ3v) is 8.21. The molecule has 2 fully saturated rings. The van der Waals surface area contributed by atoms with Gasteiger partial charge < -0.3 is 4.74 Å². The second-order valence-electron chi connectivity index (χ2n) is 8.86. The summed E-state index contributed by atoms with van der Waals surface area (Å²) in [6, 6.07) is 0. The number of hydrogen-bond donors (Lipinski definition) is 0. The highest BCUT2D eigenvalue weighted by Gasteiger charge is 2.62. The molecule has 2 nitrogen and oxygen atoms in total. The highest BCUT2D eigenvalue weighted by molar-refractivity contribution is 5.82. The lowest BCUT2D eigenvalue weighted by atomic mass is 9.52. The average Bonchev–Trinajstić information content (AvgIpc) is 3.14. The molecule has 1 aliphatic heterocycles. The maximum absolute atomic E-state index is 11.8. The van der Waals surface area contributed by atoms with Crippen LogP contribution in [0, 0.1) is 23.2 Å². The quantitative estimate of drug-likeness (QED) is 0.611. The van der Waals surface area contributed by atoms with Crippen LogP contribution in [-0.4, -0.2) is 18.0 Å². The van der Waals surface area contributed by atoms with E-state index in [4.69, 9.17) is 4.74 Å². The molecular formula is C21H28O2. The van der Waals surface area contributed by atoms with E-state index in [1.165, 1.54) is 44.1 Å². The number of Topliss-reactive ketones (excluding diaryl/α,β-unsaturated/α-hetero) is 1. The third kappa shape index (κ3) is 1.82. The van der Waals surface area contributed by atoms with E-state index < -0.39 is 0 Å². The lowest BCUT2D eigenvalue weighted by Gasteiger charge is -2.54. The number of allylic oxidation sites excluding steroid dienone is 2. The van der Waals surface area contributed by atoms with E-state index in [0.29, 0.717) is 11.2 Å². The number of carbonyl (C=O) groups is 1. The number of fused-ring (bicyclic) bond motifs is 5. The molecule has 5 rings (SSSR count). The molecule has 0 aromatic heterocycles. The van der Waals surface area contributed by atoms with Crippen molar-refractivity contribution in [3.63, 3.8) is 0 Å². The van der Waals surface area contributed by atoms with Crippen molar-refractivity contribution in [1.29, 1.82) is 0 Å². The summed E-state index contributed by atoms with van der Waals surface area (Å²) in [5.41, 5.74) is 3.63. The fourth-order valence-corrected chi connectivity index (χ4v) is 7.08. The Bertz CT molecular complexity index is 615. The molecule has 1 spiro atoms. The number of carbonyl (C=O) groups excluding carboxylic acids is 1. The Morgan fingerprint density at radius 2 is 2.04 bits per heavy atom. The van der Waals surface area contributed by atoms with Crippen LogP contribution in [0.3, 0.4) is 0 Å². The minimum absolute atomic E-state index is 0.0415. The van der Waals surface area contributed by atoms with E-state index in [0.717, 1.165) is 43.6 Å². The molecule has 0 N–H and O–H groups in total. The highest BCUT2D eigenvalue weighted by Crippen LogP contribution is 2.66. The smallest absolute Gasteiger partial charge is 0.137 e. The molecule has 0 amide bonds. The van der Waals surface area contributed by atoms with Crippen molar-refractivity contribution >= 4 is 5.78 Å². The van der Waals surface area contributed by atoms with Crippen LogP contribution in [0.15, 0.2) is 23.3 Å². The molecule has 0 unspecified atom stereocenters.